The van der Waals surface area contributed by atoms with Gasteiger partial charge in [-0.25, -0.2) is 18.0 Å². The number of H-pyrrole nitrogens is 1. The second kappa shape index (κ2) is 9.73. The third-order valence-electron chi connectivity index (χ3n) is 6.75. The number of rotatable bonds is 8. The number of aromatic amines is 1. The molecule has 4 aromatic rings. The standard InChI is InChI=1S/C26H26N6O6S/c1-14(32-13-18(38-26(32)35)12-31-10-17(28)11-31)19-4-3-5-20-22(24(25(33)34)29-23(19)20)15-6-7-21(16(8-15)9-27)30-39(2,36)37/h3-8,13-14,17,29-30H,10-12,28H2,1-2H3,(H,33,34). The average molecular weight is 551 g/mol. The number of nitrogens with two attached hydrogens (primary N) is 1. The van der Waals surface area contributed by atoms with E-state index in [1.165, 1.54) is 16.7 Å². The van der Waals surface area contributed by atoms with Gasteiger partial charge in [-0.3, -0.25) is 14.2 Å². The van der Waals surface area contributed by atoms with Crippen LogP contribution in [0.15, 0.2) is 51.8 Å². The first-order chi connectivity index (χ1) is 18.4. The van der Waals surface area contributed by atoms with Crippen LogP contribution in [-0.2, 0) is 16.6 Å². The van der Waals surface area contributed by atoms with E-state index in [4.69, 9.17) is 10.2 Å². The maximum Gasteiger partial charge on any atom is 0.419 e. The van der Waals surface area contributed by atoms with Crippen molar-refractivity contribution < 1.29 is 22.7 Å². The van der Waals surface area contributed by atoms with Gasteiger partial charge in [0.1, 0.15) is 17.5 Å². The lowest BCUT2D eigenvalue weighted by molar-refractivity contribution is 0.0692. The quantitative estimate of drug-likeness (QED) is 0.255. The molecule has 0 bridgehead atoms. The molecule has 12 nitrogen and oxygen atoms in total. The monoisotopic (exact) mass is 550 g/mol. The molecule has 1 aliphatic rings. The van der Waals surface area contributed by atoms with Crippen LogP contribution in [0.5, 0.6) is 0 Å². The van der Waals surface area contributed by atoms with Gasteiger partial charge in [0.15, 0.2) is 0 Å². The maximum absolute atomic E-state index is 12.7. The van der Waals surface area contributed by atoms with Crippen molar-refractivity contribution in [3.63, 3.8) is 0 Å². The highest BCUT2D eigenvalue weighted by molar-refractivity contribution is 7.92. The number of benzene rings is 2. The van der Waals surface area contributed by atoms with Crippen molar-refractivity contribution in [1.29, 1.82) is 5.26 Å². The molecular formula is C26H26N6O6S. The molecule has 1 unspecified atom stereocenters. The van der Waals surface area contributed by atoms with Crippen molar-refractivity contribution >= 4 is 32.6 Å². The number of nitrogens with one attached hydrogen (secondary N) is 2. The van der Waals surface area contributed by atoms with E-state index in [1.54, 1.807) is 30.5 Å². The number of carboxylic acid groups (broad SMARTS) is 1. The van der Waals surface area contributed by atoms with Crippen LogP contribution in [0, 0.1) is 11.3 Å². The number of para-hydroxylation sites is 1. The van der Waals surface area contributed by atoms with E-state index in [2.05, 4.69) is 14.6 Å². The molecule has 3 heterocycles. The Labute approximate surface area is 223 Å². The van der Waals surface area contributed by atoms with Crippen LogP contribution < -0.4 is 16.2 Å². The molecule has 5 rings (SSSR count). The molecule has 1 fully saturated rings. The number of nitriles is 1. The van der Waals surface area contributed by atoms with Crippen molar-refractivity contribution in [2.75, 3.05) is 24.1 Å². The summed E-state index contributed by atoms with van der Waals surface area (Å²) in [5.41, 5.74) is 7.78. The summed E-state index contributed by atoms with van der Waals surface area (Å²) in [5.74, 6) is -1.24. The van der Waals surface area contributed by atoms with Gasteiger partial charge in [0.2, 0.25) is 10.0 Å². The van der Waals surface area contributed by atoms with Crippen LogP contribution in [0.2, 0.25) is 0 Å². The zero-order valence-electron chi connectivity index (χ0n) is 21.1. The van der Waals surface area contributed by atoms with Crippen molar-refractivity contribution in [3.8, 4) is 17.2 Å². The molecular weight excluding hydrogens is 524 g/mol. The number of sulfonamides is 1. The Morgan fingerprint density at radius 3 is 2.72 bits per heavy atom. The Kier molecular flexibility index (Phi) is 6.55. The van der Waals surface area contributed by atoms with Crippen molar-refractivity contribution in [3.05, 3.63) is 75.7 Å². The summed E-state index contributed by atoms with van der Waals surface area (Å²) < 4.78 is 32.6. The Morgan fingerprint density at radius 1 is 1.33 bits per heavy atom. The number of nitrogens with zero attached hydrogens (tertiary/aromatic N) is 3. The van der Waals surface area contributed by atoms with Crippen LogP contribution in [0.3, 0.4) is 0 Å². The molecule has 5 N–H and O–H groups in total. The fourth-order valence-electron chi connectivity index (χ4n) is 4.98. The smallest absolute Gasteiger partial charge is 0.419 e. The van der Waals surface area contributed by atoms with Crippen LogP contribution >= 0.6 is 0 Å². The lowest BCUT2D eigenvalue weighted by atomic mass is 9.97. The molecule has 0 aliphatic carbocycles. The number of carboxylic acids is 1. The van der Waals surface area contributed by atoms with Crippen LogP contribution in [0.4, 0.5) is 5.69 Å². The van der Waals surface area contributed by atoms with Gasteiger partial charge < -0.3 is 20.2 Å². The minimum atomic E-state index is -3.63. The highest BCUT2D eigenvalue weighted by Crippen LogP contribution is 2.37. The summed E-state index contributed by atoms with van der Waals surface area (Å²) in [4.78, 5) is 30.0. The molecule has 39 heavy (non-hydrogen) atoms. The molecule has 1 atom stereocenters. The minimum Gasteiger partial charge on any atom is -0.477 e. The van der Waals surface area contributed by atoms with E-state index in [0.29, 0.717) is 39.9 Å². The third kappa shape index (κ3) is 5.05. The largest absolute Gasteiger partial charge is 0.477 e. The number of carbonyl (C=O) groups is 1. The fraction of sp³-hybridized carbons (Fsp3) is 0.269. The van der Waals surface area contributed by atoms with Gasteiger partial charge in [-0.05, 0) is 30.2 Å². The number of hydrogen-bond donors (Lipinski definition) is 4. The van der Waals surface area contributed by atoms with Crippen LogP contribution in [0.1, 0.15) is 40.3 Å². The number of fused-ring (bicyclic) bond motifs is 1. The second-order valence-corrected chi connectivity index (χ2v) is 11.4. The Morgan fingerprint density at radius 2 is 2.08 bits per heavy atom. The Balaban J connectivity index is 1.58. The summed E-state index contributed by atoms with van der Waals surface area (Å²) >= 11 is 0. The number of hydrogen-bond acceptors (Lipinski definition) is 8. The normalized spacial score (nSPS) is 15.1. The van der Waals surface area contributed by atoms with E-state index < -0.39 is 27.8 Å². The summed E-state index contributed by atoms with van der Waals surface area (Å²) in [6.45, 7) is 3.74. The van der Waals surface area contributed by atoms with Crippen LogP contribution in [-0.4, -0.2) is 59.3 Å². The van der Waals surface area contributed by atoms with E-state index in [9.17, 15) is 28.4 Å². The Hall–Kier alpha value is -4.38. The third-order valence-corrected chi connectivity index (χ3v) is 7.34. The number of likely N-dealkylation sites (tertiary alicyclic amines) is 1. The highest BCUT2D eigenvalue weighted by Gasteiger charge is 2.26. The first-order valence-corrected chi connectivity index (χ1v) is 13.9. The molecule has 0 amide bonds. The van der Waals surface area contributed by atoms with Gasteiger partial charge in [0.25, 0.3) is 0 Å². The SMILES string of the molecule is CC(c1cccc2c(-c3ccc(NS(C)(=O)=O)c(C#N)c3)c(C(=O)O)[nH]c12)n1cc(CN2CC(N)C2)oc1=O. The molecule has 1 saturated heterocycles. The van der Waals surface area contributed by atoms with Crippen molar-refractivity contribution in [2.45, 2.75) is 25.6 Å². The fourth-order valence-corrected chi connectivity index (χ4v) is 5.56. The first-order valence-electron chi connectivity index (χ1n) is 12.0. The first kappa shape index (κ1) is 26.2. The molecule has 0 radical (unpaired) electrons. The van der Waals surface area contributed by atoms with E-state index in [-0.39, 0.29) is 23.0 Å². The van der Waals surface area contributed by atoms with Gasteiger partial charge in [-0.1, -0.05) is 24.3 Å². The zero-order valence-corrected chi connectivity index (χ0v) is 21.9. The van der Waals surface area contributed by atoms with Gasteiger partial charge in [0.05, 0.1) is 41.8 Å². The van der Waals surface area contributed by atoms with Gasteiger partial charge in [0, 0.05) is 30.1 Å². The predicted molar refractivity (Wildman–Crippen MR) is 144 cm³/mol. The summed E-state index contributed by atoms with van der Waals surface area (Å²) in [5, 5.41) is 20.2. The molecule has 13 heteroatoms. The van der Waals surface area contributed by atoms with Crippen molar-refractivity contribution in [2.24, 2.45) is 5.73 Å². The van der Waals surface area contributed by atoms with E-state index >= 15 is 0 Å². The molecule has 0 spiro atoms. The number of oxazole rings is 1. The molecule has 0 saturated carbocycles. The number of anilines is 1. The average Bonchev–Trinajstić information content (AvgIpc) is 3.42. The van der Waals surface area contributed by atoms with Gasteiger partial charge >= 0.3 is 11.7 Å². The van der Waals surface area contributed by atoms with E-state index in [1.807, 2.05) is 13.0 Å². The number of aromatic carboxylic acids is 1. The lowest BCUT2D eigenvalue weighted by Gasteiger charge is -2.35. The highest BCUT2D eigenvalue weighted by atomic mass is 32.2. The minimum absolute atomic E-state index is 0.0359. The summed E-state index contributed by atoms with van der Waals surface area (Å²) in [7, 11) is -3.63. The van der Waals surface area contributed by atoms with Gasteiger partial charge in [-0.2, -0.15) is 5.26 Å². The lowest BCUT2D eigenvalue weighted by Crippen LogP contribution is -2.54. The molecule has 2 aromatic heterocycles. The molecule has 2 aromatic carbocycles. The molecule has 202 valence electrons. The van der Waals surface area contributed by atoms with E-state index in [0.717, 1.165) is 19.3 Å². The Bertz CT molecular complexity index is 1810. The van der Waals surface area contributed by atoms with Crippen LogP contribution in [0.25, 0.3) is 22.0 Å². The van der Waals surface area contributed by atoms with Gasteiger partial charge in [-0.15, -0.1) is 0 Å². The second-order valence-electron chi connectivity index (χ2n) is 9.70. The zero-order chi connectivity index (χ0) is 28.1. The van der Waals surface area contributed by atoms with Crippen molar-refractivity contribution in [1.82, 2.24) is 14.5 Å². The predicted octanol–water partition coefficient (Wildman–Crippen LogP) is 2.28. The molecule has 1 aliphatic heterocycles. The number of aromatic nitrogens is 2. The summed E-state index contributed by atoms with van der Waals surface area (Å²) in [6.07, 6.45) is 2.63. The topological polar surface area (TPSA) is 187 Å². The summed E-state index contributed by atoms with van der Waals surface area (Å²) in [6, 6.07) is 11.3. The maximum atomic E-state index is 12.7.